The van der Waals surface area contributed by atoms with Crippen molar-refractivity contribution in [2.24, 2.45) is 0 Å². The van der Waals surface area contributed by atoms with Crippen LogP contribution in [0.5, 0.6) is 5.75 Å². The molecule has 1 spiro atoms. The highest BCUT2D eigenvalue weighted by Crippen LogP contribution is 2.42. The Balaban J connectivity index is 2.01. The van der Waals surface area contributed by atoms with Crippen molar-refractivity contribution in [1.82, 2.24) is 0 Å². The molecule has 1 aliphatic carbocycles. The van der Waals surface area contributed by atoms with Gasteiger partial charge < -0.3 is 15.8 Å². The van der Waals surface area contributed by atoms with Gasteiger partial charge in [-0.05, 0) is 43.9 Å². The molecule has 1 aromatic carbocycles. The summed E-state index contributed by atoms with van der Waals surface area (Å²) in [6.07, 6.45) is 3.72. The van der Waals surface area contributed by atoms with Crippen LogP contribution in [0.2, 0.25) is 0 Å². The van der Waals surface area contributed by atoms with E-state index < -0.39 is 5.60 Å². The van der Waals surface area contributed by atoms with Crippen LogP contribution in [0.4, 0.5) is 11.4 Å². The van der Waals surface area contributed by atoms with Gasteiger partial charge in [-0.3, -0.25) is 4.79 Å². The van der Waals surface area contributed by atoms with Crippen molar-refractivity contribution in [3.63, 3.8) is 0 Å². The molecule has 1 aromatic rings. The van der Waals surface area contributed by atoms with Gasteiger partial charge in [0.15, 0.2) is 5.60 Å². The van der Waals surface area contributed by atoms with E-state index in [4.69, 9.17) is 10.5 Å². The molecule has 0 unspecified atom stereocenters. The third-order valence-corrected chi connectivity index (χ3v) is 3.38. The summed E-state index contributed by atoms with van der Waals surface area (Å²) in [4.78, 5) is 12.0. The van der Waals surface area contributed by atoms with Crippen molar-refractivity contribution < 1.29 is 9.53 Å². The van der Waals surface area contributed by atoms with Crippen molar-refractivity contribution in [3.8, 4) is 5.75 Å². The highest BCUT2D eigenvalue weighted by molar-refractivity contribution is 6.01. The topological polar surface area (TPSA) is 64.3 Å². The molecule has 1 amide bonds. The average molecular weight is 218 g/mol. The highest BCUT2D eigenvalue weighted by atomic mass is 16.5. The molecule has 4 heteroatoms. The fraction of sp³-hybridized carbons (Fsp3) is 0.417. The molecule has 1 fully saturated rings. The number of carbonyl (C=O) groups excluding carboxylic acids is 1. The minimum atomic E-state index is -0.622. The van der Waals surface area contributed by atoms with Gasteiger partial charge in [0.2, 0.25) is 0 Å². The standard InChI is InChI=1S/C12H14N2O2/c13-8-3-4-10-9(7-8)14-11(15)12(16-10)5-1-2-6-12/h3-4,7H,1-2,5-6,13H2,(H,14,15). The number of rotatable bonds is 0. The molecular formula is C12H14N2O2. The largest absolute Gasteiger partial charge is 0.475 e. The van der Waals surface area contributed by atoms with Crippen LogP contribution in [0.15, 0.2) is 18.2 Å². The molecular weight excluding hydrogens is 204 g/mol. The third kappa shape index (κ3) is 1.26. The molecule has 1 saturated carbocycles. The first-order chi connectivity index (χ1) is 7.70. The van der Waals surface area contributed by atoms with Crippen molar-refractivity contribution in [2.75, 3.05) is 11.1 Å². The lowest BCUT2D eigenvalue weighted by atomic mass is 9.98. The Labute approximate surface area is 93.8 Å². The van der Waals surface area contributed by atoms with E-state index in [2.05, 4.69) is 5.32 Å². The van der Waals surface area contributed by atoms with Gasteiger partial charge in [0.25, 0.3) is 5.91 Å². The first-order valence-electron chi connectivity index (χ1n) is 5.60. The molecule has 4 nitrogen and oxygen atoms in total. The van der Waals surface area contributed by atoms with Crippen LogP contribution in [-0.2, 0) is 4.79 Å². The van der Waals surface area contributed by atoms with Gasteiger partial charge >= 0.3 is 0 Å². The summed E-state index contributed by atoms with van der Waals surface area (Å²) < 4.78 is 5.88. The maximum Gasteiger partial charge on any atom is 0.268 e. The van der Waals surface area contributed by atoms with Crippen molar-refractivity contribution in [3.05, 3.63) is 18.2 Å². The fourth-order valence-electron chi connectivity index (χ4n) is 2.50. The van der Waals surface area contributed by atoms with Gasteiger partial charge in [-0.2, -0.15) is 0 Å². The van der Waals surface area contributed by atoms with Crippen molar-refractivity contribution >= 4 is 17.3 Å². The summed E-state index contributed by atoms with van der Waals surface area (Å²) in [6.45, 7) is 0. The molecule has 1 aliphatic heterocycles. The zero-order valence-corrected chi connectivity index (χ0v) is 8.95. The highest BCUT2D eigenvalue weighted by Gasteiger charge is 2.46. The maximum absolute atomic E-state index is 12.0. The first kappa shape index (κ1) is 9.51. The van der Waals surface area contributed by atoms with Crippen LogP contribution in [0.3, 0.4) is 0 Å². The summed E-state index contributed by atoms with van der Waals surface area (Å²) >= 11 is 0. The molecule has 3 N–H and O–H groups in total. The van der Waals surface area contributed by atoms with Crippen molar-refractivity contribution in [1.29, 1.82) is 0 Å². The number of nitrogens with one attached hydrogen (secondary N) is 1. The molecule has 84 valence electrons. The Bertz CT molecular complexity index is 450. The number of amides is 1. The minimum Gasteiger partial charge on any atom is -0.475 e. The SMILES string of the molecule is Nc1ccc2c(c1)NC(=O)C1(CCCC1)O2. The number of nitrogens with two attached hydrogens (primary N) is 1. The molecule has 0 saturated heterocycles. The lowest BCUT2D eigenvalue weighted by Crippen LogP contribution is -2.48. The third-order valence-electron chi connectivity index (χ3n) is 3.38. The number of hydrogen-bond acceptors (Lipinski definition) is 3. The second-order valence-corrected chi connectivity index (χ2v) is 4.51. The van der Waals surface area contributed by atoms with Crippen LogP contribution in [-0.4, -0.2) is 11.5 Å². The predicted molar refractivity (Wildman–Crippen MR) is 61.3 cm³/mol. The Morgan fingerprint density at radius 2 is 2.06 bits per heavy atom. The van der Waals surface area contributed by atoms with Gasteiger partial charge in [0.1, 0.15) is 5.75 Å². The van der Waals surface area contributed by atoms with E-state index in [1.165, 1.54) is 0 Å². The number of hydrogen-bond donors (Lipinski definition) is 2. The lowest BCUT2D eigenvalue weighted by Gasteiger charge is -2.34. The van der Waals surface area contributed by atoms with Gasteiger partial charge in [-0.25, -0.2) is 0 Å². The number of carbonyl (C=O) groups is 1. The van der Waals surface area contributed by atoms with Gasteiger partial charge in [0, 0.05) is 5.69 Å². The summed E-state index contributed by atoms with van der Waals surface area (Å²) in [5, 5.41) is 2.89. The summed E-state index contributed by atoms with van der Waals surface area (Å²) in [6, 6.07) is 5.35. The predicted octanol–water partition coefficient (Wildman–Crippen LogP) is 1.91. The van der Waals surface area contributed by atoms with Gasteiger partial charge in [-0.15, -0.1) is 0 Å². The van der Waals surface area contributed by atoms with E-state index in [1.807, 2.05) is 6.07 Å². The van der Waals surface area contributed by atoms with Gasteiger partial charge in [0.05, 0.1) is 5.69 Å². The minimum absolute atomic E-state index is 0.0249. The molecule has 1 heterocycles. The maximum atomic E-state index is 12.0. The first-order valence-corrected chi connectivity index (χ1v) is 5.60. The average Bonchev–Trinajstić information content (AvgIpc) is 2.70. The van der Waals surface area contributed by atoms with E-state index in [0.717, 1.165) is 31.4 Å². The molecule has 0 bridgehead atoms. The molecule has 2 aliphatic rings. The van der Waals surface area contributed by atoms with E-state index >= 15 is 0 Å². The number of anilines is 2. The number of benzene rings is 1. The van der Waals surface area contributed by atoms with E-state index in [9.17, 15) is 4.79 Å². The zero-order valence-electron chi connectivity index (χ0n) is 8.95. The Morgan fingerprint density at radius 1 is 1.31 bits per heavy atom. The second-order valence-electron chi connectivity index (χ2n) is 4.51. The van der Waals surface area contributed by atoms with Crippen LogP contribution in [0, 0.1) is 0 Å². The number of ether oxygens (including phenoxy) is 1. The van der Waals surface area contributed by atoms with Gasteiger partial charge in [-0.1, -0.05) is 0 Å². The molecule has 0 aromatic heterocycles. The summed E-state index contributed by atoms with van der Waals surface area (Å²) in [5.41, 5.74) is 6.36. The van der Waals surface area contributed by atoms with Crippen LogP contribution in [0.25, 0.3) is 0 Å². The van der Waals surface area contributed by atoms with E-state index in [-0.39, 0.29) is 5.91 Å². The second kappa shape index (κ2) is 3.14. The number of nitrogen functional groups attached to an aromatic ring is 1. The quantitative estimate of drug-likeness (QED) is 0.654. The smallest absolute Gasteiger partial charge is 0.268 e. The van der Waals surface area contributed by atoms with Crippen molar-refractivity contribution in [2.45, 2.75) is 31.3 Å². The Kier molecular flexibility index (Phi) is 1.87. The summed E-state index contributed by atoms with van der Waals surface area (Å²) in [5.74, 6) is 0.707. The monoisotopic (exact) mass is 218 g/mol. The normalized spacial score (nSPS) is 21.4. The van der Waals surface area contributed by atoms with Crippen LogP contribution >= 0.6 is 0 Å². The molecule has 3 rings (SSSR count). The Morgan fingerprint density at radius 3 is 2.81 bits per heavy atom. The fourth-order valence-corrected chi connectivity index (χ4v) is 2.50. The van der Waals surface area contributed by atoms with E-state index in [0.29, 0.717) is 11.4 Å². The van der Waals surface area contributed by atoms with Crippen LogP contribution < -0.4 is 15.8 Å². The molecule has 0 atom stereocenters. The number of fused-ring (bicyclic) bond motifs is 1. The van der Waals surface area contributed by atoms with E-state index in [1.54, 1.807) is 12.1 Å². The molecule has 0 radical (unpaired) electrons. The van der Waals surface area contributed by atoms with Crippen LogP contribution in [0.1, 0.15) is 25.7 Å². The Hall–Kier alpha value is -1.71. The zero-order chi connectivity index (χ0) is 11.2. The summed E-state index contributed by atoms with van der Waals surface area (Å²) in [7, 11) is 0. The molecule has 16 heavy (non-hydrogen) atoms. The lowest BCUT2D eigenvalue weighted by molar-refractivity contribution is -0.131.